The van der Waals surface area contributed by atoms with Crippen molar-refractivity contribution < 1.29 is 14.8 Å². The van der Waals surface area contributed by atoms with Gasteiger partial charge in [-0.25, -0.2) is 4.79 Å². The molecule has 1 aromatic heterocycles. The summed E-state index contributed by atoms with van der Waals surface area (Å²) in [5, 5.41) is 23.0. The number of hydrogen-bond donors (Lipinski definition) is 1. The average Bonchev–Trinajstić information content (AvgIpc) is 2.45. The van der Waals surface area contributed by atoms with Gasteiger partial charge in [-0.3, -0.25) is 14.8 Å². The fourth-order valence-electron chi connectivity index (χ4n) is 1.51. The first kappa shape index (κ1) is 9.63. The zero-order valence-corrected chi connectivity index (χ0v) is 7.79. The number of rotatable bonds is 3. The van der Waals surface area contributed by atoms with Crippen molar-refractivity contribution in [2.75, 3.05) is 0 Å². The number of carbonyl (C=O) groups is 1. The Morgan fingerprint density at radius 3 is 2.67 bits per heavy atom. The fraction of sp³-hybridized carbons (Fsp3) is 0.500. The lowest BCUT2D eigenvalue weighted by Crippen LogP contribution is -2.17. The number of nitrogens with zero attached hydrogens (tertiary/aromatic N) is 3. The van der Waals surface area contributed by atoms with Crippen LogP contribution in [0.25, 0.3) is 0 Å². The van der Waals surface area contributed by atoms with Crippen molar-refractivity contribution in [3.8, 4) is 0 Å². The van der Waals surface area contributed by atoms with Crippen LogP contribution in [0.4, 0.5) is 5.69 Å². The van der Waals surface area contributed by atoms with E-state index in [-0.39, 0.29) is 6.04 Å². The van der Waals surface area contributed by atoms with E-state index in [4.69, 9.17) is 5.11 Å². The first-order chi connectivity index (χ1) is 7.09. The number of aromatic nitrogens is 2. The SMILES string of the molecule is O=C(O)c1nn(C2CCC2)cc1[N+](=O)[O-]. The van der Waals surface area contributed by atoms with E-state index in [1.165, 1.54) is 10.9 Å². The normalized spacial score (nSPS) is 16.0. The van der Waals surface area contributed by atoms with Crippen molar-refractivity contribution in [3.63, 3.8) is 0 Å². The topological polar surface area (TPSA) is 98.3 Å². The summed E-state index contributed by atoms with van der Waals surface area (Å²) in [6.07, 6.45) is 4.06. The smallest absolute Gasteiger partial charge is 0.363 e. The number of carboxylic acids is 1. The molecule has 15 heavy (non-hydrogen) atoms. The van der Waals surface area contributed by atoms with E-state index >= 15 is 0 Å². The van der Waals surface area contributed by atoms with Gasteiger partial charge in [0, 0.05) is 0 Å². The monoisotopic (exact) mass is 211 g/mol. The van der Waals surface area contributed by atoms with Crippen LogP contribution in [0, 0.1) is 10.1 Å². The summed E-state index contributed by atoms with van der Waals surface area (Å²) in [6.45, 7) is 0. The van der Waals surface area contributed by atoms with Gasteiger partial charge in [0.1, 0.15) is 6.20 Å². The summed E-state index contributed by atoms with van der Waals surface area (Å²) in [7, 11) is 0. The van der Waals surface area contributed by atoms with E-state index in [0.29, 0.717) is 0 Å². The molecule has 0 aliphatic heterocycles. The van der Waals surface area contributed by atoms with Gasteiger partial charge >= 0.3 is 11.7 Å². The highest BCUT2D eigenvalue weighted by atomic mass is 16.6. The Morgan fingerprint density at radius 1 is 1.67 bits per heavy atom. The van der Waals surface area contributed by atoms with Gasteiger partial charge in [0.15, 0.2) is 0 Å². The van der Waals surface area contributed by atoms with Crippen molar-refractivity contribution in [2.45, 2.75) is 25.3 Å². The number of nitro groups is 1. The van der Waals surface area contributed by atoms with Crippen LogP contribution in [-0.4, -0.2) is 25.8 Å². The Hall–Kier alpha value is -1.92. The van der Waals surface area contributed by atoms with Crippen molar-refractivity contribution in [2.24, 2.45) is 0 Å². The molecule has 0 saturated heterocycles. The summed E-state index contributed by atoms with van der Waals surface area (Å²) < 4.78 is 1.39. The molecule has 0 amide bonds. The van der Waals surface area contributed by atoms with Crippen molar-refractivity contribution in [3.05, 3.63) is 22.0 Å². The molecule has 0 bridgehead atoms. The highest BCUT2D eigenvalue weighted by molar-refractivity contribution is 5.89. The standard InChI is InChI=1S/C8H9N3O4/c12-8(13)7-6(11(14)15)4-10(9-7)5-2-1-3-5/h4-5H,1-3H2,(H,12,13). The summed E-state index contributed by atoms with van der Waals surface area (Å²) in [6, 6.07) is 0.122. The van der Waals surface area contributed by atoms with Crippen LogP contribution in [0.2, 0.25) is 0 Å². The third-order valence-electron chi connectivity index (χ3n) is 2.56. The maximum absolute atomic E-state index is 10.7. The van der Waals surface area contributed by atoms with Crippen LogP contribution < -0.4 is 0 Å². The van der Waals surface area contributed by atoms with Gasteiger partial charge in [-0.1, -0.05) is 0 Å². The molecule has 7 heteroatoms. The molecule has 1 aliphatic carbocycles. The molecule has 1 fully saturated rings. The molecule has 0 radical (unpaired) electrons. The van der Waals surface area contributed by atoms with Crippen LogP contribution in [0.5, 0.6) is 0 Å². The number of hydrogen-bond acceptors (Lipinski definition) is 4. The van der Waals surface area contributed by atoms with E-state index < -0.39 is 22.3 Å². The van der Waals surface area contributed by atoms with Crippen molar-refractivity contribution in [1.29, 1.82) is 0 Å². The highest BCUT2D eigenvalue weighted by Gasteiger charge is 2.29. The molecule has 0 unspecified atom stereocenters. The van der Waals surface area contributed by atoms with Crippen LogP contribution in [-0.2, 0) is 0 Å². The Bertz CT molecular complexity index is 390. The molecule has 0 aromatic carbocycles. The Kier molecular flexibility index (Phi) is 2.14. The Balaban J connectivity index is 2.39. The second-order valence-electron chi connectivity index (χ2n) is 3.49. The molecular weight excluding hydrogens is 202 g/mol. The summed E-state index contributed by atoms with van der Waals surface area (Å²) in [5.74, 6) is -1.36. The number of carboxylic acid groups (broad SMARTS) is 1. The third-order valence-corrected chi connectivity index (χ3v) is 2.56. The summed E-state index contributed by atoms with van der Waals surface area (Å²) in [5.41, 5.74) is -0.915. The minimum absolute atomic E-state index is 0.122. The van der Waals surface area contributed by atoms with Gasteiger partial charge in [-0.2, -0.15) is 5.10 Å². The first-order valence-electron chi connectivity index (χ1n) is 4.56. The third kappa shape index (κ3) is 1.56. The van der Waals surface area contributed by atoms with Crippen molar-refractivity contribution >= 4 is 11.7 Å². The molecule has 1 aromatic rings. The minimum Gasteiger partial charge on any atom is -0.476 e. The van der Waals surface area contributed by atoms with Gasteiger partial charge in [0.05, 0.1) is 11.0 Å². The molecule has 0 spiro atoms. The predicted octanol–water partition coefficient (Wildman–Crippen LogP) is 1.21. The second-order valence-corrected chi connectivity index (χ2v) is 3.49. The first-order valence-corrected chi connectivity index (χ1v) is 4.56. The fourth-order valence-corrected chi connectivity index (χ4v) is 1.51. The average molecular weight is 211 g/mol. The van der Waals surface area contributed by atoms with Crippen LogP contribution in [0.1, 0.15) is 35.8 Å². The van der Waals surface area contributed by atoms with E-state index in [1.807, 2.05) is 0 Å². The molecule has 1 N–H and O–H groups in total. The van der Waals surface area contributed by atoms with Crippen LogP contribution in [0.3, 0.4) is 0 Å². The van der Waals surface area contributed by atoms with Gasteiger partial charge < -0.3 is 5.11 Å². The largest absolute Gasteiger partial charge is 0.476 e. The minimum atomic E-state index is -1.36. The van der Waals surface area contributed by atoms with Gasteiger partial charge in [0.25, 0.3) is 0 Å². The van der Waals surface area contributed by atoms with E-state index in [1.54, 1.807) is 0 Å². The van der Waals surface area contributed by atoms with Crippen LogP contribution >= 0.6 is 0 Å². The molecule has 1 heterocycles. The molecule has 2 rings (SSSR count). The lowest BCUT2D eigenvalue weighted by Gasteiger charge is -2.24. The molecule has 0 atom stereocenters. The lowest BCUT2D eigenvalue weighted by atomic mass is 9.93. The maximum Gasteiger partial charge on any atom is 0.363 e. The zero-order valence-electron chi connectivity index (χ0n) is 7.79. The van der Waals surface area contributed by atoms with E-state index in [0.717, 1.165) is 19.3 Å². The number of aromatic carboxylic acids is 1. The van der Waals surface area contributed by atoms with Crippen LogP contribution in [0.15, 0.2) is 6.20 Å². The molecular formula is C8H9N3O4. The zero-order chi connectivity index (χ0) is 11.0. The molecule has 1 saturated carbocycles. The predicted molar refractivity (Wildman–Crippen MR) is 48.7 cm³/mol. The Morgan fingerprint density at radius 2 is 2.33 bits per heavy atom. The Labute approximate surface area is 84.5 Å². The van der Waals surface area contributed by atoms with Crippen molar-refractivity contribution in [1.82, 2.24) is 9.78 Å². The second kappa shape index (κ2) is 3.34. The quantitative estimate of drug-likeness (QED) is 0.598. The van der Waals surface area contributed by atoms with E-state index in [2.05, 4.69) is 5.10 Å². The maximum atomic E-state index is 10.7. The summed E-state index contributed by atoms with van der Waals surface area (Å²) >= 11 is 0. The van der Waals surface area contributed by atoms with E-state index in [9.17, 15) is 14.9 Å². The van der Waals surface area contributed by atoms with Gasteiger partial charge in [0.2, 0.25) is 5.69 Å². The summed E-state index contributed by atoms with van der Waals surface area (Å²) in [4.78, 5) is 20.5. The molecule has 80 valence electrons. The highest BCUT2D eigenvalue weighted by Crippen LogP contribution is 2.32. The van der Waals surface area contributed by atoms with Gasteiger partial charge in [-0.05, 0) is 19.3 Å². The van der Waals surface area contributed by atoms with Gasteiger partial charge in [-0.15, -0.1) is 0 Å². The molecule has 7 nitrogen and oxygen atoms in total. The molecule has 1 aliphatic rings. The lowest BCUT2D eigenvalue weighted by molar-refractivity contribution is -0.385.